The topological polar surface area (TPSA) is 52.4 Å². The highest BCUT2D eigenvalue weighted by atomic mass is 19.1. The molecule has 0 N–H and O–H groups in total. The Bertz CT molecular complexity index is 428. The van der Waals surface area contributed by atoms with E-state index in [9.17, 15) is 14.5 Å². The maximum Gasteiger partial charge on any atom is 0.270 e. The first-order valence-corrected chi connectivity index (χ1v) is 3.94. The van der Waals surface area contributed by atoms with E-state index in [1.165, 1.54) is 24.3 Å². The molecular formula is C9H6FNO3. The minimum atomic E-state index is -0.527. The van der Waals surface area contributed by atoms with Crippen LogP contribution in [-0.2, 0) is 0 Å². The summed E-state index contributed by atoms with van der Waals surface area (Å²) in [6, 6.07) is 4.08. The lowest BCUT2D eigenvalue weighted by atomic mass is 10.1. The Morgan fingerprint density at radius 1 is 1.50 bits per heavy atom. The maximum absolute atomic E-state index is 12.8. The SMILES string of the molecule is O=[N+]([O-])c1ccc2c(c1)C=C(F)CO2. The Balaban J connectivity index is 2.49. The van der Waals surface area contributed by atoms with Gasteiger partial charge in [0.2, 0.25) is 0 Å². The minimum Gasteiger partial charge on any atom is -0.486 e. The number of nitro groups is 1. The first-order valence-electron chi connectivity index (χ1n) is 3.94. The molecule has 1 aliphatic heterocycles. The summed E-state index contributed by atoms with van der Waals surface area (Å²) in [6.45, 7) is -0.106. The molecule has 0 aromatic heterocycles. The molecule has 0 bridgehead atoms. The number of fused-ring (bicyclic) bond motifs is 1. The molecule has 1 aromatic carbocycles. The van der Waals surface area contributed by atoms with Crippen molar-refractivity contribution in [3.8, 4) is 5.75 Å². The number of benzene rings is 1. The van der Waals surface area contributed by atoms with Crippen LogP contribution < -0.4 is 4.74 Å². The predicted octanol–water partition coefficient (Wildman–Crippen LogP) is 2.30. The van der Waals surface area contributed by atoms with Crippen molar-refractivity contribution in [1.29, 1.82) is 0 Å². The Morgan fingerprint density at radius 3 is 3.00 bits per heavy atom. The lowest BCUT2D eigenvalue weighted by Crippen LogP contribution is -2.04. The van der Waals surface area contributed by atoms with E-state index in [2.05, 4.69) is 0 Å². The zero-order chi connectivity index (χ0) is 10.1. The Labute approximate surface area is 78.8 Å². The van der Waals surface area contributed by atoms with Crippen LogP contribution in [0.3, 0.4) is 0 Å². The van der Waals surface area contributed by atoms with Crippen LogP contribution in [-0.4, -0.2) is 11.5 Å². The summed E-state index contributed by atoms with van der Waals surface area (Å²) in [4.78, 5) is 9.89. The third kappa shape index (κ3) is 1.44. The largest absolute Gasteiger partial charge is 0.486 e. The van der Waals surface area contributed by atoms with Gasteiger partial charge in [0.05, 0.1) is 4.92 Å². The highest BCUT2D eigenvalue weighted by Gasteiger charge is 2.14. The van der Waals surface area contributed by atoms with Crippen LogP contribution in [0, 0.1) is 10.1 Å². The Morgan fingerprint density at radius 2 is 2.29 bits per heavy atom. The molecule has 72 valence electrons. The van der Waals surface area contributed by atoms with E-state index in [4.69, 9.17) is 4.74 Å². The van der Waals surface area contributed by atoms with Crippen LogP contribution in [0.1, 0.15) is 5.56 Å². The second-order valence-electron chi connectivity index (χ2n) is 2.86. The first kappa shape index (κ1) is 8.68. The molecule has 2 rings (SSSR count). The molecule has 1 heterocycles. The number of hydrogen-bond acceptors (Lipinski definition) is 3. The second-order valence-corrected chi connectivity index (χ2v) is 2.86. The highest BCUT2D eigenvalue weighted by molar-refractivity contribution is 5.63. The number of non-ortho nitro benzene ring substituents is 1. The molecule has 0 unspecified atom stereocenters. The van der Waals surface area contributed by atoms with Crippen molar-refractivity contribution < 1.29 is 14.1 Å². The zero-order valence-corrected chi connectivity index (χ0v) is 7.07. The molecule has 1 aromatic rings. The Hall–Kier alpha value is -1.91. The molecule has 0 fully saturated rings. The monoisotopic (exact) mass is 195 g/mol. The van der Waals surface area contributed by atoms with Gasteiger partial charge in [-0.1, -0.05) is 0 Å². The van der Waals surface area contributed by atoms with Crippen LogP contribution in [0.5, 0.6) is 5.75 Å². The number of nitro benzene ring substituents is 1. The van der Waals surface area contributed by atoms with Crippen molar-refractivity contribution in [2.75, 3.05) is 6.61 Å². The summed E-state index contributed by atoms with van der Waals surface area (Å²) in [6.07, 6.45) is 1.24. The van der Waals surface area contributed by atoms with E-state index < -0.39 is 10.8 Å². The second kappa shape index (κ2) is 3.10. The van der Waals surface area contributed by atoms with Gasteiger partial charge in [-0.15, -0.1) is 0 Å². The fourth-order valence-electron chi connectivity index (χ4n) is 1.25. The molecule has 0 amide bonds. The van der Waals surface area contributed by atoms with Crippen molar-refractivity contribution in [3.63, 3.8) is 0 Å². The lowest BCUT2D eigenvalue weighted by molar-refractivity contribution is -0.384. The van der Waals surface area contributed by atoms with Crippen LogP contribution in [0.25, 0.3) is 6.08 Å². The van der Waals surface area contributed by atoms with Crippen LogP contribution in [0.4, 0.5) is 10.1 Å². The molecule has 4 nitrogen and oxygen atoms in total. The van der Waals surface area contributed by atoms with Crippen LogP contribution in [0.15, 0.2) is 24.0 Å². The average Bonchev–Trinajstić information content (AvgIpc) is 2.16. The van der Waals surface area contributed by atoms with E-state index >= 15 is 0 Å². The molecule has 0 saturated carbocycles. The summed E-state index contributed by atoms with van der Waals surface area (Å²) in [5, 5.41) is 10.4. The minimum absolute atomic E-state index is 0.0710. The molecule has 0 atom stereocenters. The van der Waals surface area contributed by atoms with Gasteiger partial charge in [0.15, 0.2) is 0 Å². The van der Waals surface area contributed by atoms with Gasteiger partial charge in [-0.25, -0.2) is 4.39 Å². The maximum atomic E-state index is 12.8. The quantitative estimate of drug-likeness (QED) is 0.510. The summed E-state index contributed by atoms with van der Waals surface area (Å²) >= 11 is 0. The van der Waals surface area contributed by atoms with Crippen molar-refractivity contribution in [2.45, 2.75) is 0 Å². The number of nitrogens with zero attached hydrogens (tertiary/aromatic N) is 1. The fraction of sp³-hybridized carbons (Fsp3) is 0.111. The number of rotatable bonds is 1. The van der Waals surface area contributed by atoms with Crippen molar-refractivity contribution in [2.24, 2.45) is 0 Å². The molecule has 0 aliphatic carbocycles. The van der Waals surface area contributed by atoms with Gasteiger partial charge in [-0.3, -0.25) is 10.1 Å². The van der Waals surface area contributed by atoms with Gasteiger partial charge in [0.25, 0.3) is 5.69 Å². The predicted molar refractivity (Wildman–Crippen MR) is 47.7 cm³/mol. The molecule has 0 saturated heterocycles. The van der Waals surface area contributed by atoms with Crippen molar-refractivity contribution >= 4 is 11.8 Å². The van der Waals surface area contributed by atoms with Gasteiger partial charge in [-0.05, 0) is 12.1 Å². The molecule has 5 heteroatoms. The zero-order valence-electron chi connectivity index (χ0n) is 7.07. The number of hydrogen-bond donors (Lipinski definition) is 0. The summed E-state index contributed by atoms with van der Waals surface area (Å²) in [5.74, 6) is 0.0370. The summed E-state index contributed by atoms with van der Waals surface area (Å²) < 4.78 is 17.8. The third-order valence-corrected chi connectivity index (χ3v) is 1.88. The van der Waals surface area contributed by atoms with E-state index in [-0.39, 0.29) is 12.3 Å². The standard InChI is InChI=1S/C9H6FNO3/c10-7-3-6-4-8(11(12)13)1-2-9(6)14-5-7/h1-4H,5H2. The molecular weight excluding hydrogens is 189 g/mol. The third-order valence-electron chi connectivity index (χ3n) is 1.88. The molecule has 0 radical (unpaired) electrons. The van der Waals surface area contributed by atoms with E-state index in [1.807, 2.05) is 0 Å². The molecule has 1 aliphatic rings. The smallest absolute Gasteiger partial charge is 0.270 e. The molecule has 0 spiro atoms. The first-order chi connectivity index (χ1) is 6.66. The summed E-state index contributed by atoms with van der Waals surface area (Å²) in [5.41, 5.74) is 0.334. The fourth-order valence-corrected chi connectivity index (χ4v) is 1.25. The lowest BCUT2D eigenvalue weighted by Gasteiger charge is -2.12. The van der Waals surface area contributed by atoms with Gasteiger partial charge in [-0.2, -0.15) is 0 Å². The van der Waals surface area contributed by atoms with Crippen molar-refractivity contribution in [3.05, 3.63) is 39.7 Å². The summed E-state index contributed by atoms with van der Waals surface area (Å²) in [7, 11) is 0. The number of halogens is 1. The average molecular weight is 195 g/mol. The van der Waals surface area contributed by atoms with Crippen molar-refractivity contribution in [1.82, 2.24) is 0 Å². The van der Waals surface area contributed by atoms with E-state index in [0.29, 0.717) is 11.3 Å². The van der Waals surface area contributed by atoms with E-state index in [0.717, 1.165) is 0 Å². The normalized spacial score (nSPS) is 13.9. The van der Waals surface area contributed by atoms with Gasteiger partial charge in [0, 0.05) is 17.7 Å². The Kier molecular flexibility index (Phi) is 1.92. The highest BCUT2D eigenvalue weighted by Crippen LogP contribution is 2.29. The van der Waals surface area contributed by atoms with Crippen LogP contribution >= 0.6 is 0 Å². The van der Waals surface area contributed by atoms with Gasteiger partial charge in [0.1, 0.15) is 18.2 Å². The van der Waals surface area contributed by atoms with E-state index in [1.54, 1.807) is 0 Å². The van der Waals surface area contributed by atoms with Crippen LogP contribution in [0.2, 0.25) is 0 Å². The molecule has 14 heavy (non-hydrogen) atoms. The number of ether oxygens (including phenoxy) is 1. The van der Waals surface area contributed by atoms with Gasteiger partial charge >= 0.3 is 0 Å². The van der Waals surface area contributed by atoms with Gasteiger partial charge < -0.3 is 4.74 Å².